The van der Waals surface area contributed by atoms with Crippen molar-refractivity contribution in [3.05, 3.63) is 34.5 Å². The van der Waals surface area contributed by atoms with Crippen molar-refractivity contribution >= 4 is 17.2 Å². The van der Waals surface area contributed by atoms with Crippen molar-refractivity contribution < 1.29 is 23.1 Å². The van der Waals surface area contributed by atoms with Gasteiger partial charge < -0.3 is 10.0 Å². The Morgan fingerprint density at radius 3 is 2.70 bits per heavy atom. The van der Waals surface area contributed by atoms with Crippen molar-refractivity contribution in [1.82, 2.24) is 4.90 Å². The van der Waals surface area contributed by atoms with E-state index in [4.69, 9.17) is 0 Å². The SMILES string of the molecule is C=CC(=O)N(Cc1csc(C(F)(F)F)c1)C[C@@H]1CCCC[C@H]1O. The molecule has 1 amide bonds. The maximum atomic E-state index is 12.7. The van der Waals surface area contributed by atoms with Gasteiger partial charge in [-0.3, -0.25) is 4.79 Å². The van der Waals surface area contributed by atoms with Crippen LogP contribution in [-0.4, -0.2) is 28.6 Å². The predicted molar refractivity (Wildman–Crippen MR) is 82.9 cm³/mol. The molecule has 0 unspecified atom stereocenters. The number of aliphatic hydroxyl groups is 1. The second-order valence-corrected chi connectivity index (χ2v) is 6.76. The van der Waals surface area contributed by atoms with Gasteiger partial charge in [0.25, 0.3) is 0 Å². The number of carbonyl (C=O) groups is 1. The summed E-state index contributed by atoms with van der Waals surface area (Å²) in [5.74, 6) is -0.365. The van der Waals surface area contributed by atoms with E-state index in [-0.39, 0.29) is 18.4 Å². The molecule has 1 aromatic rings. The number of halogens is 3. The fourth-order valence-electron chi connectivity index (χ4n) is 2.87. The summed E-state index contributed by atoms with van der Waals surface area (Å²) in [5, 5.41) is 11.5. The lowest BCUT2D eigenvalue weighted by atomic mass is 9.86. The van der Waals surface area contributed by atoms with Crippen LogP contribution in [0.1, 0.15) is 36.1 Å². The molecule has 1 aromatic heterocycles. The lowest BCUT2D eigenvalue weighted by Crippen LogP contribution is -2.39. The van der Waals surface area contributed by atoms with Crippen molar-refractivity contribution in [3.8, 4) is 0 Å². The van der Waals surface area contributed by atoms with E-state index in [1.807, 2.05) is 0 Å². The Kier molecular flexibility index (Phi) is 5.86. The number of hydrogen-bond donors (Lipinski definition) is 1. The highest BCUT2D eigenvalue weighted by Gasteiger charge is 2.33. The van der Waals surface area contributed by atoms with Crippen LogP contribution in [0, 0.1) is 5.92 Å². The van der Waals surface area contributed by atoms with Gasteiger partial charge in [0, 0.05) is 19.0 Å². The Labute approximate surface area is 137 Å². The molecule has 1 saturated carbocycles. The van der Waals surface area contributed by atoms with Crippen molar-refractivity contribution in [2.75, 3.05) is 6.54 Å². The number of amides is 1. The molecule has 0 aliphatic heterocycles. The van der Waals surface area contributed by atoms with E-state index >= 15 is 0 Å². The van der Waals surface area contributed by atoms with Gasteiger partial charge >= 0.3 is 6.18 Å². The molecule has 1 N–H and O–H groups in total. The predicted octanol–water partition coefficient (Wildman–Crippen LogP) is 3.83. The third-order valence-corrected chi connectivity index (χ3v) is 5.14. The molecule has 23 heavy (non-hydrogen) atoms. The van der Waals surface area contributed by atoms with Crippen molar-refractivity contribution in [2.45, 2.75) is 44.5 Å². The first-order chi connectivity index (χ1) is 10.8. The zero-order chi connectivity index (χ0) is 17.0. The summed E-state index contributed by atoms with van der Waals surface area (Å²) in [4.78, 5) is 12.8. The normalized spacial score (nSPS) is 21.9. The number of aliphatic hydroxyl groups excluding tert-OH is 1. The van der Waals surface area contributed by atoms with Crippen molar-refractivity contribution in [1.29, 1.82) is 0 Å². The largest absolute Gasteiger partial charge is 0.425 e. The first-order valence-corrected chi connectivity index (χ1v) is 8.43. The standard InChI is InChI=1S/C16H20F3NO2S/c1-2-15(22)20(9-12-5-3-4-6-13(12)21)8-11-7-14(23-10-11)16(17,18)19/h2,7,10,12-13,21H,1,3-6,8-9H2/t12-,13+/m0/s1. The van der Waals surface area contributed by atoms with Crippen LogP contribution in [0.5, 0.6) is 0 Å². The number of thiophene rings is 1. The van der Waals surface area contributed by atoms with Crippen LogP contribution in [0.25, 0.3) is 0 Å². The summed E-state index contributed by atoms with van der Waals surface area (Å²) in [6.07, 6.45) is -0.183. The molecule has 2 rings (SSSR count). The summed E-state index contributed by atoms with van der Waals surface area (Å²) in [5.41, 5.74) is 0.447. The average Bonchev–Trinajstić information content (AvgIpc) is 2.96. The van der Waals surface area contributed by atoms with Crippen LogP contribution in [0.3, 0.4) is 0 Å². The van der Waals surface area contributed by atoms with Gasteiger partial charge in [0.1, 0.15) is 4.88 Å². The van der Waals surface area contributed by atoms with Gasteiger partial charge in [-0.05, 0) is 35.9 Å². The lowest BCUT2D eigenvalue weighted by Gasteiger charge is -2.32. The maximum absolute atomic E-state index is 12.7. The number of nitrogens with zero attached hydrogens (tertiary/aromatic N) is 1. The number of carbonyl (C=O) groups excluding carboxylic acids is 1. The molecular weight excluding hydrogens is 327 g/mol. The minimum atomic E-state index is -4.37. The van der Waals surface area contributed by atoms with Gasteiger partial charge in [0.15, 0.2) is 0 Å². The fraction of sp³-hybridized carbons (Fsp3) is 0.562. The molecule has 1 fully saturated rings. The van der Waals surface area contributed by atoms with Crippen LogP contribution in [0.2, 0.25) is 0 Å². The summed E-state index contributed by atoms with van der Waals surface area (Å²) >= 11 is 0.626. The quantitative estimate of drug-likeness (QED) is 0.823. The van der Waals surface area contributed by atoms with E-state index in [0.717, 1.165) is 31.4 Å². The van der Waals surface area contributed by atoms with E-state index in [2.05, 4.69) is 6.58 Å². The second-order valence-electron chi connectivity index (χ2n) is 5.85. The highest BCUT2D eigenvalue weighted by Crippen LogP contribution is 2.34. The van der Waals surface area contributed by atoms with Crippen LogP contribution < -0.4 is 0 Å². The molecule has 0 radical (unpaired) electrons. The highest BCUT2D eigenvalue weighted by atomic mass is 32.1. The summed E-state index contributed by atoms with van der Waals surface area (Å²) in [6.45, 7) is 3.88. The fourth-order valence-corrected chi connectivity index (χ4v) is 3.65. The molecule has 0 saturated heterocycles. The van der Waals surface area contributed by atoms with Gasteiger partial charge in [-0.15, -0.1) is 11.3 Å². The molecule has 0 bridgehead atoms. The zero-order valence-electron chi connectivity index (χ0n) is 12.7. The minimum Gasteiger partial charge on any atom is -0.393 e. The van der Waals surface area contributed by atoms with E-state index in [0.29, 0.717) is 29.9 Å². The first-order valence-electron chi connectivity index (χ1n) is 7.55. The monoisotopic (exact) mass is 347 g/mol. The molecular formula is C16H20F3NO2S. The van der Waals surface area contributed by atoms with E-state index in [1.165, 1.54) is 10.3 Å². The van der Waals surface area contributed by atoms with Gasteiger partial charge in [-0.2, -0.15) is 13.2 Å². The summed E-state index contributed by atoms with van der Waals surface area (Å²) in [7, 11) is 0. The topological polar surface area (TPSA) is 40.5 Å². The molecule has 1 heterocycles. The smallest absolute Gasteiger partial charge is 0.393 e. The van der Waals surface area contributed by atoms with E-state index < -0.39 is 17.2 Å². The summed E-state index contributed by atoms with van der Waals surface area (Å²) in [6, 6.07) is 1.07. The highest BCUT2D eigenvalue weighted by molar-refractivity contribution is 7.10. The Morgan fingerprint density at radius 2 is 2.13 bits per heavy atom. The summed E-state index contributed by atoms with van der Waals surface area (Å²) < 4.78 is 38.0. The first kappa shape index (κ1) is 18.0. The molecule has 1 aliphatic rings. The van der Waals surface area contributed by atoms with Crippen LogP contribution in [-0.2, 0) is 17.5 Å². The molecule has 128 valence electrons. The Balaban J connectivity index is 2.08. The van der Waals surface area contributed by atoms with Crippen molar-refractivity contribution in [3.63, 3.8) is 0 Å². The number of rotatable bonds is 5. The third kappa shape index (κ3) is 4.81. The van der Waals surface area contributed by atoms with Gasteiger partial charge in [0.05, 0.1) is 6.10 Å². The second kappa shape index (κ2) is 7.49. The Hall–Kier alpha value is -1.34. The molecule has 0 aromatic carbocycles. The molecule has 2 atom stereocenters. The number of alkyl halides is 3. The van der Waals surface area contributed by atoms with Crippen LogP contribution in [0.4, 0.5) is 13.2 Å². The molecule has 3 nitrogen and oxygen atoms in total. The van der Waals surface area contributed by atoms with Crippen LogP contribution >= 0.6 is 11.3 Å². The van der Waals surface area contributed by atoms with Gasteiger partial charge in [-0.1, -0.05) is 19.4 Å². The lowest BCUT2D eigenvalue weighted by molar-refractivity contribution is -0.134. The third-order valence-electron chi connectivity index (χ3n) is 4.12. The Bertz CT molecular complexity index is 556. The van der Waals surface area contributed by atoms with Crippen LogP contribution in [0.15, 0.2) is 24.1 Å². The zero-order valence-corrected chi connectivity index (χ0v) is 13.5. The van der Waals surface area contributed by atoms with Crippen molar-refractivity contribution in [2.24, 2.45) is 5.92 Å². The maximum Gasteiger partial charge on any atom is 0.425 e. The minimum absolute atomic E-state index is 0.0339. The van der Waals surface area contributed by atoms with E-state index in [9.17, 15) is 23.1 Å². The van der Waals surface area contributed by atoms with Gasteiger partial charge in [-0.25, -0.2) is 0 Å². The molecule has 7 heteroatoms. The number of hydrogen-bond acceptors (Lipinski definition) is 3. The molecule has 1 aliphatic carbocycles. The average molecular weight is 347 g/mol. The Morgan fingerprint density at radius 1 is 1.43 bits per heavy atom. The van der Waals surface area contributed by atoms with Gasteiger partial charge in [0.2, 0.25) is 5.91 Å². The van der Waals surface area contributed by atoms with E-state index in [1.54, 1.807) is 0 Å². The molecule has 0 spiro atoms.